The first-order valence-electron chi connectivity index (χ1n) is 6.32. The van der Waals surface area contributed by atoms with Crippen LogP contribution in [0.25, 0.3) is 5.69 Å². The highest BCUT2D eigenvalue weighted by Gasteiger charge is 2.09. The lowest BCUT2D eigenvalue weighted by Gasteiger charge is -2.04. The molecule has 1 aromatic carbocycles. The van der Waals surface area contributed by atoms with Crippen molar-refractivity contribution >= 4 is 17.6 Å². The molecular formula is C13H13N7S. The molecule has 0 saturated carbocycles. The molecule has 0 unspecified atom stereocenters. The SMILES string of the molecule is CNc1cnc(CSc2nnnn2-c2ccccc2)cn1. The molecular weight excluding hydrogens is 286 g/mol. The molecule has 0 atom stereocenters. The van der Waals surface area contributed by atoms with E-state index < -0.39 is 0 Å². The lowest BCUT2D eigenvalue weighted by Crippen LogP contribution is -1.99. The van der Waals surface area contributed by atoms with Crippen molar-refractivity contribution in [2.24, 2.45) is 0 Å². The first kappa shape index (κ1) is 13.5. The van der Waals surface area contributed by atoms with Crippen LogP contribution in [0.1, 0.15) is 5.69 Å². The Morgan fingerprint density at radius 3 is 2.71 bits per heavy atom. The molecule has 3 aromatic rings. The van der Waals surface area contributed by atoms with Gasteiger partial charge in [-0.25, -0.2) is 4.98 Å². The fourth-order valence-electron chi connectivity index (χ4n) is 1.70. The van der Waals surface area contributed by atoms with Crippen LogP contribution in [-0.2, 0) is 5.75 Å². The van der Waals surface area contributed by atoms with E-state index >= 15 is 0 Å². The maximum absolute atomic E-state index is 4.33. The number of benzene rings is 1. The minimum absolute atomic E-state index is 0.657. The van der Waals surface area contributed by atoms with Crippen LogP contribution in [0.15, 0.2) is 47.9 Å². The van der Waals surface area contributed by atoms with Gasteiger partial charge in [0, 0.05) is 12.8 Å². The van der Waals surface area contributed by atoms with Gasteiger partial charge >= 0.3 is 0 Å². The standard InChI is InChI=1S/C13H13N7S/c1-14-12-8-15-10(7-16-12)9-21-13-17-18-19-20(13)11-5-3-2-4-6-11/h2-8H,9H2,1H3,(H,14,16). The van der Waals surface area contributed by atoms with Crippen molar-refractivity contribution in [3.63, 3.8) is 0 Å². The second kappa shape index (κ2) is 6.31. The first-order chi connectivity index (χ1) is 10.4. The van der Waals surface area contributed by atoms with Gasteiger partial charge in [0.05, 0.1) is 23.8 Å². The van der Waals surface area contributed by atoms with Crippen molar-refractivity contribution in [1.29, 1.82) is 0 Å². The summed E-state index contributed by atoms with van der Waals surface area (Å²) in [5.41, 5.74) is 1.81. The topological polar surface area (TPSA) is 81.4 Å². The average Bonchev–Trinajstić information content (AvgIpc) is 3.03. The third-order valence-corrected chi connectivity index (χ3v) is 3.71. The Kier molecular flexibility index (Phi) is 4.06. The average molecular weight is 299 g/mol. The molecule has 0 bridgehead atoms. The molecule has 0 saturated heterocycles. The number of nitrogens with zero attached hydrogens (tertiary/aromatic N) is 6. The Morgan fingerprint density at radius 1 is 1.14 bits per heavy atom. The van der Waals surface area contributed by atoms with Gasteiger partial charge in [0.25, 0.3) is 0 Å². The molecule has 0 aliphatic heterocycles. The fraction of sp³-hybridized carbons (Fsp3) is 0.154. The second-order valence-electron chi connectivity index (χ2n) is 4.14. The van der Waals surface area contributed by atoms with E-state index in [0.717, 1.165) is 22.4 Å². The van der Waals surface area contributed by atoms with E-state index in [4.69, 9.17) is 0 Å². The summed E-state index contributed by atoms with van der Waals surface area (Å²) in [5, 5.41) is 15.5. The van der Waals surface area contributed by atoms with Crippen LogP contribution in [0.5, 0.6) is 0 Å². The van der Waals surface area contributed by atoms with Crippen LogP contribution in [0.4, 0.5) is 5.82 Å². The highest BCUT2D eigenvalue weighted by atomic mass is 32.2. The van der Waals surface area contributed by atoms with Crippen LogP contribution in [0, 0.1) is 0 Å². The van der Waals surface area contributed by atoms with E-state index in [1.54, 1.807) is 17.1 Å². The molecule has 0 spiro atoms. The number of tetrazole rings is 1. The van der Waals surface area contributed by atoms with Crippen molar-refractivity contribution in [3.8, 4) is 5.69 Å². The lowest BCUT2D eigenvalue weighted by molar-refractivity contribution is 0.756. The number of para-hydroxylation sites is 1. The molecule has 7 nitrogen and oxygen atoms in total. The number of hydrogen-bond acceptors (Lipinski definition) is 7. The van der Waals surface area contributed by atoms with Crippen LogP contribution < -0.4 is 5.32 Å². The third-order valence-electron chi connectivity index (χ3n) is 2.75. The molecule has 106 valence electrons. The highest BCUT2D eigenvalue weighted by Crippen LogP contribution is 2.21. The Labute approximate surface area is 125 Å². The smallest absolute Gasteiger partial charge is 0.214 e. The van der Waals surface area contributed by atoms with Crippen LogP contribution in [-0.4, -0.2) is 37.2 Å². The summed E-state index contributed by atoms with van der Waals surface area (Å²) in [6, 6.07) is 9.78. The summed E-state index contributed by atoms with van der Waals surface area (Å²) < 4.78 is 1.71. The number of aromatic nitrogens is 6. The molecule has 2 aromatic heterocycles. The van der Waals surface area contributed by atoms with Gasteiger partial charge in [-0.05, 0) is 22.6 Å². The van der Waals surface area contributed by atoms with E-state index in [9.17, 15) is 0 Å². The van der Waals surface area contributed by atoms with Gasteiger partial charge in [-0.15, -0.1) is 5.10 Å². The molecule has 0 aliphatic rings. The molecule has 3 rings (SSSR count). The number of rotatable bonds is 5. The van der Waals surface area contributed by atoms with E-state index in [1.165, 1.54) is 11.8 Å². The van der Waals surface area contributed by atoms with Crippen LogP contribution in [0.2, 0.25) is 0 Å². The van der Waals surface area contributed by atoms with Crippen molar-refractivity contribution in [3.05, 3.63) is 48.4 Å². The van der Waals surface area contributed by atoms with E-state index in [2.05, 4.69) is 30.8 Å². The van der Waals surface area contributed by atoms with Gasteiger partial charge in [-0.2, -0.15) is 4.68 Å². The van der Waals surface area contributed by atoms with Crippen molar-refractivity contribution in [1.82, 2.24) is 30.2 Å². The van der Waals surface area contributed by atoms with Gasteiger partial charge < -0.3 is 5.32 Å². The molecule has 2 heterocycles. The van der Waals surface area contributed by atoms with Gasteiger partial charge in [0.15, 0.2) is 0 Å². The van der Waals surface area contributed by atoms with E-state index in [1.807, 2.05) is 37.4 Å². The number of thioether (sulfide) groups is 1. The minimum atomic E-state index is 0.657. The first-order valence-corrected chi connectivity index (χ1v) is 7.30. The van der Waals surface area contributed by atoms with Crippen LogP contribution in [0.3, 0.4) is 0 Å². The molecule has 0 fully saturated rings. The van der Waals surface area contributed by atoms with E-state index in [0.29, 0.717) is 5.75 Å². The zero-order chi connectivity index (χ0) is 14.5. The summed E-state index contributed by atoms with van der Waals surface area (Å²) in [5.74, 6) is 1.40. The monoisotopic (exact) mass is 299 g/mol. The largest absolute Gasteiger partial charge is 0.372 e. The van der Waals surface area contributed by atoms with E-state index in [-0.39, 0.29) is 0 Å². The Morgan fingerprint density at radius 2 is 2.00 bits per heavy atom. The summed E-state index contributed by atoms with van der Waals surface area (Å²) in [6.07, 6.45) is 3.45. The van der Waals surface area contributed by atoms with Crippen molar-refractivity contribution in [2.75, 3.05) is 12.4 Å². The van der Waals surface area contributed by atoms with Crippen molar-refractivity contribution in [2.45, 2.75) is 10.9 Å². The maximum atomic E-state index is 4.33. The predicted molar refractivity (Wildman–Crippen MR) is 80.3 cm³/mol. The Balaban J connectivity index is 1.72. The number of nitrogens with one attached hydrogen (secondary N) is 1. The zero-order valence-electron chi connectivity index (χ0n) is 11.3. The van der Waals surface area contributed by atoms with Gasteiger partial charge in [0.2, 0.25) is 5.16 Å². The normalized spacial score (nSPS) is 10.5. The molecule has 1 N–H and O–H groups in total. The maximum Gasteiger partial charge on any atom is 0.214 e. The summed E-state index contributed by atoms with van der Waals surface area (Å²) >= 11 is 1.52. The Hall–Kier alpha value is -2.48. The highest BCUT2D eigenvalue weighted by molar-refractivity contribution is 7.98. The van der Waals surface area contributed by atoms with Gasteiger partial charge in [0.1, 0.15) is 5.82 Å². The fourth-order valence-corrected chi connectivity index (χ4v) is 2.48. The quantitative estimate of drug-likeness (QED) is 0.719. The van der Waals surface area contributed by atoms with Gasteiger partial charge in [-0.3, -0.25) is 4.98 Å². The number of hydrogen-bond donors (Lipinski definition) is 1. The zero-order valence-corrected chi connectivity index (χ0v) is 12.2. The summed E-state index contributed by atoms with van der Waals surface area (Å²) in [7, 11) is 1.81. The summed E-state index contributed by atoms with van der Waals surface area (Å²) in [6.45, 7) is 0. The molecule has 0 radical (unpaired) electrons. The predicted octanol–water partition coefficient (Wildman–Crippen LogP) is 1.79. The van der Waals surface area contributed by atoms with Gasteiger partial charge in [-0.1, -0.05) is 30.0 Å². The summed E-state index contributed by atoms with van der Waals surface area (Å²) in [4.78, 5) is 8.56. The molecule has 21 heavy (non-hydrogen) atoms. The number of anilines is 1. The lowest BCUT2D eigenvalue weighted by atomic mass is 10.3. The molecule has 0 aliphatic carbocycles. The third kappa shape index (κ3) is 3.16. The molecule has 0 amide bonds. The second-order valence-corrected chi connectivity index (χ2v) is 5.08. The Bertz CT molecular complexity index is 696. The minimum Gasteiger partial charge on any atom is -0.372 e. The molecule has 8 heteroatoms. The van der Waals surface area contributed by atoms with Crippen molar-refractivity contribution < 1.29 is 0 Å². The van der Waals surface area contributed by atoms with Crippen LogP contribution >= 0.6 is 11.8 Å².